The van der Waals surface area contributed by atoms with Crippen molar-refractivity contribution in [1.82, 2.24) is 0 Å². The van der Waals surface area contributed by atoms with Crippen LogP contribution in [0.5, 0.6) is 0 Å². The molecule has 0 amide bonds. The fourth-order valence-electron chi connectivity index (χ4n) is 0.911. The van der Waals surface area contributed by atoms with Crippen LogP contribution in [-0.4, -0.2) is 4.83 Å². The van der Waals surface area contributed by atoms with E-state index in [0.717, 1.165) is 12.0 Å². The van der Waals surface area contributed by atoms with Gasteiger partial charge in [0, 0.05) is 4.83 Å². The van der Waals surface area contributed by atoms with Crippen LogP contribution in [0.4, 0.5) is 0 Å². The SMILES string of the molecule is C=C(C)C1=CCC(Br)C=C1. The van der Waals surface area contributed by atoms with Gasteiger partial charge in [0.05, 0.1) is 0 Å². The van der Waals surface area contributed by atoms with Crippen molar-refractivity contribution in [3.63, 3.8) is 0 Å². The second kappa shape index (κ2) is 3.20. The molecule has 0 fully saturated rings. The molecule has 54 valence electrons. The summed E-state index contributed by atoms with van der Waals surface area (Å²) in [4.78, 5) is 0.524. The van der Waals surface area contributed by atoms with Crippen molar-refractivity contribution in [2.75, 3.05) is 0 Å². The molecule has 0 radical (unpaired) electrons. The molecule has 1 atom stereocenters. The highest BCUT2D eigenvalue weighted by Crippen LogP contribution is 2.20. The minimum absolute atomic E-state index is 0.524. The lowest BCUT2D eigenvalue weighted by Crippen LogP contribution is -1.96. The maximum Gasteiger partial charge on any atom is 0.0363 e. The summed E-state index contributed by atoms with van der Waals surface area (Å²) in [6.45, 7) is 5.90. The van der Waals surface area contributed by atoms with Crippen molar-refractivity contribution >= 4 is 15.9 Å². The van der Waals surface area contributed by atoms with Crippen LogP contribution in [0.1, 0.15) is 13.3 Å². The standard InChI is InChI=1S/C9H11Br/c1-7(2)8-3-5-9(10)6-4-8/h3-5,9H,1,6H2,2H3. The van der Waals surface area contributed by atoms with Gasteiger partial charge in [-0.3, -0.25) is 0 Å². The highest BCUT2D eigenvalue weighted by Gasteiger charge is 2.03. The summed E-state index contributed by atoms with van der Waals surface area (Å²) in [6.07, 6.45) is 7.57. The van der Waals surface area contributed by atoms with Gasteiger partial charge in [-0.05, 0) is 18.9 Å². The molecule has 1 aliphatic carbocycles. The molecule has 0 bridgehead atoms. The molecular weight excluding hydrogens is 188 g/mol. The molecule has 0 nitrogen and oxygen atoms in total. The number of rotatable bonds is 1. The van der Waals surface area contributed by atoms with Crippen molar-refractivity contribution in [1.29, 1.82) is 0 Å². The van der Waals surface area contributed by atoms with E-state index >= 15 is 0 Å². The molecule has 10 heavy (non-hydrogen) atoms. The minimum atomic E-state index is 0.524. The van der Waals surface area contributed by atoms with Crippen LogP contribution in [0.2, 0.25) is 0 Å². The number of allylic oxidation sites excluding steroid dienone is 5. The molecule has 0 aromatic heterocycles. The predicted molar refractivity (Wildman–Crippen MR) is 49.4 cm³/mol. The van der Waals surface area contributed by atoms with E-state index in [1.165, 1.54) is 5.57 Å². The number of alkyl halides is 1. The lowest BCUT2D eigenvalue weighted by molar-refractivity contribution is 1.05. The Balaban J connectivity index is 2.67. The second-order valence-electron chi connectivity index (χ2n) is 2.55. The molecule has 0 saturated carbocycles. The smallest absolute Gasteiger partial charge is 0.0363 e. The number of halogens is 1. The summed E-state index contributed by atoms with van der Waals surface area (Å²) in [7, 11) is 0. The highest BCUT2D eigenvalue weighted by molar-refractivity contribution is 9.09. The summed E-state index contributed by atoms with van der Waals surface area (Å²) >= 11 is 3.50. The monoisotopic (exact) mass is 198 g/mol. The van der Waals surface area contributed by atoms with Gasteiger partial charge in [0.15, 0.2) is 0 Å². The lowest BCUT2D eigenvalue weighted by Gasteiger charge is -2.09. The maximum atomic E-state index is 3.87. The van der Waals surface area contributed by atoms with Gasteiger partial charge in [-0.25, -0.2) is 0 Å². The molecule has 0 aliphatic heterocycles. The zero-order chi connectivity index (χ0) is 7.56. The quantitative estimate of drug-likeness (QED) is 0.569. The van der Waals surface area contributed by atoms with Gasteiger partial charge >= 0.3 is 0 Å². The fraction of sp³-hybridized carbons (Fsp3) is 0.333. The summed E-state index contributed by atoms with van der Waals surface area (Å²) in [6, 6.07) is 0. The van der Waals surface area contributed by atoms with Gasteiger partial charge in [0.2, 0.25) is 0 Å². The average Bonchev–Trinajstić information content (AvgIpc) is 1.88. The number of hydrogen-bond acceptors (Lipinski definition) is 0. The molecule has 0 aromatic carbocycles. The van der Waals surface area contributed by atoms with Crippen LogP contribution < -0.4 is 0 Å². The molecule has 0 N–H and O–H groups in total. The molecule has 1 aliphatic rings. The maximum absolute atomic E-state index is 3.87. The topological polar surface area (TPSA) is 0 Å². The Kier molecular flexibility index (Phi) is 2.50. The third-order valence-corrected chi connectivity index (χ3v) is 2.22. The zero-order valence-electron chi connectivity index (χ0n) is 6.10. The highest BCUT2D eigenvalue weighted by atomic mass is 79.9. The van der Waals surface area contributed by atoms with Crippen LogP contribution in [0.25, 0.3) is 0 Å². The Bertz CT molecular complexity index is 199. The van der Waals surface area contributed by atoms with Crippen molar-refractivity contribution in [2.45, 2.75) is 18.2 Å². The van der Waals surface area contributed by atoms with E-state index in [9.17, 15) is 0 Å². The van der Waals surface area contributed by atoms with Crippen LogP contribution in [0, 0.1) is 0 Å². The third-order valence-electron chi connectivity index (χ3n) is 1.54. The minimum Gasteiger partial charge on any atom is -0.0955 e. The Morgan fingerprint density at radius 3 is 2.90 bits per heavy atom. The second-order valence-corrected chi connectivity index (χ2v) is 3.73. The summed E-state index contributed by atoms with van der Waals surface area (Å²) < 4.78 is 0. The van der Waals surface area contributed by atoms with E-state index in [2.05, 4.69) is 40.7 Å². The van der Waals surface area contributed by atoms with Crippen molar-refractivity contribution in [3.05, 3.63) is 36.0 Å². The van der Waals surface area contributed by atoms with Crippen LogP contribution in [0.15, 0.2) is 36.0 Å². The molecule has 1 heteroatoms. The number of hydrogen-bond donors (Lipinski definition) is 0. The Labute approximate surface area is 70.5 Å². The van der Waals surface area contributed by atoms with E-state index in [1.54, 1.807) is 0 Å². The van der Waals surface area contributed by atoms with Gasteiger partial charge in [-0.2, -0.15) is 0 Å². The first-order chi connectivity index (χ1) is 4.70. The first kappa shape index (κ1) is 7.80. The Hall–Kier alpha value is -0.300. The first-order valence-electron chi connectivity index (χ1n) is 3.38. The van der Waals surface area contributed by atoms with Gasteiger partial charge in [-0.15, -0.1) is 0 Å². The van der Waals surface area contributed by atoms with Gasteiger partial charge in [-0.1, -0.05) is 46.3 Å². The van der Waals surface area contributed by atoms with Crippen LogP contribution >= 0.6 is 15.9 Å². The fourth-order valence-corrected chi connectivity index (χ4v) is 1.25. The molecule has 1 rings (SSSR count). The Morgan fingerprint density at radius 1 is 1.80 bits per heavy atom. The van der Waals surface area contributed by atoms with E-state index in [-0.39, 0.29) is 0 Å². The molecule has 0 aromatic rings. The Morgan fingerprint density at radius 2 is 2.50 bits per heavy atom. The van der Waals surface area contributed by atoms with Crippen molar-refractivity contribution in [2.24, 2.45) is 0 Å². The van der Waals surface area contributed by atoms with Crippen molar-refractivity contribution < 1.29 is 0 Å². The van der Waals surface area contributed by atoms with E-state index in [0.29, 0.717) is 4.83 Å². The predicted octanol–water partition coefficient (Wildman–Crippen LogP) is 3.21. The van der Waals surface area contributed by atoms with Crippen LogP contribution in [-0.2, 0) is 0 Å². The molecule has 0 saturated heterocycles. The van der Waals surface area contributed by atoms with E-state index in [1.807, 2.05) is 6.92 Å². The first-order valence-corrected chi connectivity index (χ1v) is 4.30. The average molecular weight is 199 g/mol. The molecule has 0 spiro atoms. The molecule has 1 unspecified atom stereocenters. The van der Waals surface area contributed by atoms with Crippen LogP contribution in [0.3, 0.4) is 0 Å². The summed E-state index contributed by atoms with van der Waals surface area (Å²) in [5, 5.41) is 0. The zero-order valence-corrected chi connectivity index (χ0v) is 7.69. The van der Waals surface area contributed by atoms with E-state index < -0.39 is 0 Å². The van der Waals surface area contributed by atoms with Gasteiger partial charge < -0.3 is 0 Å². The molecule has 0 heterocycles. The van der Waals surface area contributed by atoms with Crippen molar-refractivity contribution in [3.8, 4) is 0 Å². The third kappa shape index (κ3) is 1.84. The van der Waals surface area contributed by atoms with E-state index in [4.69, 9.17) is 0 Å². The molecular formula is C9H11Br. The normalized spacial score (nSPS) is 24.2. The summed E-state index contributed by atoms with van der Waals surface area (Å²) in [5.41, 5.74) is 2.42. The van der Waals surface area contributed by atoms with Gasteiger partial charge in [0.1, 0.15) is 0 Å². The summed E-state index contributed by atoms with van der Waals surface area (Å²) in [5.74, 6) is 0. The lowest BCUT2D eigenvalue weighted by atomic mass is 10.0. The van der Waals surface area contributed by atoms with Gasteiger partial charge in [0.25, 0.3) is 0 Å². The largest absolute Gasteiger partial charge is 0.0955 e.